The summed E-state index contributed by atoms with van der Waals surface area (Å²) in [5, 5.41) is 5.00. The molecule has 2 heterocycles. The van der Waals surface area contributed by atoms with Gasteiger partial charge in [-0.15, -0.1) is 0 Å². The van der Waals surface area contributed by atoms with E-state index in [0.29, 0.717) is 0 Å². The fraction of sp³-hybridized carbons (Fsp3) is 0.0833. The minimum absolute atomic E-state index is 0.00986. The number of rotatable bonds is 3. The number of nitrogens with zero attached hydrogens (tertiary/aromatic N) is 2. The van der Waals surface area contributed by atoms with Crippen LogP contribution in [0.1, 0.15) is 26.3 Å². The first-order valence-corrected chi connectivity index (χ1v) is 18.0. The normalized spacial score (nSPS) is 13.3. The van der Waals surface area contributed by atoms with Crippen molar-refractivity contribution in [1.82, 2.24) is 0 Å². The van der Waals surface area contributed by atoms with Crippen LogP contribution in [-0.4, -0.2) is 6.71 Å². The number of anilines is 6. The Balaban J connectivity index is 1.34. The van der Waals surface area contributed by atoms with E-state index in [1.807, 2.05) is 0 Å². The van der Waals surface area contributed by atoms with E-state index in [4.69, 9.17) is 0 Å². The molecule has 0 aliphatic carbocycles. The molecule has 8 aromatic rings. The molecule has 0 fully saturated rings. The summed E-state index contributed by atoms with van der Waals surface area (Å²) in [4.78, 5) is 5.04. The Morgan fingerprint density at radius 1 is 0.431 bits per heavy atom. The Morgan fingerprint density at radius 3 is 1.86 bits per heavy atom. The molecular formula is C48H37BN2. The lowest BCUT2D eigenvalue weighted by Gasteiger charge is -2.44. The number of hydrogen-bond acceptors (Lipinski definition) is 2. The molecule has 8 aromatic carbocycles. The van der Waals surface area contributed by atoms with E-state index in [2.05, 4.69) is 200 Å². The van der Waals surface area contributed by atoms with E-state index in [0.717, 1.165) is 0 Å². The molecule has 0 atom stereocenters. The molecule has 10 rings (SSSR count). The van der Waals surface area contributed by atoms with Crippen LogP contribution in [-0.2, 0) is 5.41 Å². The van der Waals surface area contributed by atoms with Crippen LogP contribution < -0.4 is 26.2 Å². The van der Waals surface area contributed by atoms with Crippen molar-refractivity contribution in [3.05, 3.63) is 175 Å². The molecule has 0 amide bonds. The highest BCUT2D eigenvalue weighted by Crippen LogP contribution is 2.47. The summed E-state index contributed by atoms with van der Waals surface area (Å²) in [5.74, 6) is 0. The van der Waals surface area contributed by atoms with Gasteiger partial charge in [-0.05, 0) is 97.1 Å². The van der Waals surface area contributed by atoms with Crippen molar-refractivity contribution in [1.29, 1.82) is 0 Å². The van der Waals surface area contributed by atoms with Gasteiger partial charge in [-0.3, -0.25) is 0 Å². The summed E-state index contributed by atoms with van der Waals surface area (Å²) in [6, 6.07) is 63.1. The number of hydrogen-bond donors (Lipinski definition) is 0. The summed E-state index contributed by atoms with van der Waals surface area (Å²) in [5.41, 5.74) is 15.2. The fourth-order valence-electron chi connectivity index (χ4n) is 8.56. The second kappa shape index (κ2) is 11.2. The largest absolute Gasteiger partial charge is 0.311 e. The first kappa shape index (κ1) is 29.8. The van der Waals surface area contributed by atoms with Gasteiger partial charge in [0.15, 0.2) is 0 Å². The second-order valence-corrected chi connectivity index (χ2v) is 15.0. The lowest BCUT2D eigenvalue weighted by Crippen LogP contribution is -2.61. The van der Waals surface area contributed by atoms with E-state index in [1.165, 1.54) is 88.7 Å². The predicted octanol–water partition coefficient (Wildman–Crippen LogP) is 11.0. The first-order valence-electron chi connectivity index (χ1n) is 18.0. The van der Waals surface area contributed by atoms with Gasteiger partial charge >= 0.3 is 0 Å². The van der Waals surface area contributed by atoms with Crippen LogP contribution in [0.25, 0.3) is 32.7 Å². The van der Waals surface area contributed by atoms with Gasteiger partial charge in [0.05, 0.1) is 5.69 Å². The Hall–Kier alpha value is -6.06. The minimum Gasteiger partial charge on any atom is -0.311 e. The van der Waals surface area contributed by atoms with Gasteiger partial charge < -0.3 is 9.80 Å². The summed E-state index contributed by atoms with van der Waals surface area (Å²) < 4.78 is 0. The topological polar surface area (TPSA) is 6.48 Å². The molecule has 0 spiro atoms. The molecule has 2 nitrogen and oxygen atoms in total. The molecule has 0 radical (unpaired) electrons. The van der Waals surface area contributed by atoms with Crippen LogP contribution >= 0.6 is 0 Å². The Kier molecular flexibility index (Phi) is 6.57. The fourth-order valence-corrected chi connectivity index (χ4v) is 8.56. The summed E-state index contributed by atoms with van der Waals surface area (Å²) in [6.07, 6.45) is 0. The quantitative estimate of drug-likeness (QED) is 0.175. The molecule has 2 aliphatic heterocycles. The zero-order valence-corrected chi connectivity index (χ0v) is 29.1. The first-order chi connectivity index (χ1) is 25.0. The predicted molar refractivity (Wildman–Crippen MR) is 220 cm³/mol. The van der Waals surface area contributed by atoms with Gasteiger partial charge in [-0.1, -0.05) is 148 Å². The number of para-hydroxylation sites is 1. The van der Waals surface area contributed by atoms with Crippen LogP contribution in [0.3, 0.4) is 0 Å². The van der Waals surface area contributed by atoms with Crippen molar-refractivity contribution in [2.45, 2.75) is 26.2 Å². The van der Waals surface area contributed by atoms with E-state index in [1.54, 1.807) is 0 Å². The van der Waals surface area contributed by atoms with Crippen molar-refractivity contribution in [2.24, 2.45) is 0 Å². The molecule has 0 N–H and O–H groups in total. The van der Waals surface area contributed by atoms with Crippen molar-refractivity contribution in [3.8, 4) is 11.1 Å². The van der Waals surface area contributed by atoms with Crippen LogP contribution in [0, 0.1) is 0 Å². The van der Waals surface area contributed by atoms with Gasteiger partial charge in [-0.25, -0.2) is 0 Å². The highest BCUT2D eigenvalue weighted by molar-refractivity contribution is 7.00. The van der Waals surface area contributed by atoms with Gasteiger partial charge in [0, 0.05) is 33.8 Å². The standard InChI is InChI=1S/C48H37BN2/c1-48(2,3)35-27-28-40-46(30-35)50(36-20-8-5-9-21-36)43-25-14-26-44-47(43)49(40)41-31-39-34(19-12-23-37(39)32-15-6-4-7-16-32)29-45(41)51(44)42-24-13-18-33-17-10-11-22-38(33)42/h4-31H,1-3H3. The lowest BCUT2D eigenvalue weighted by atomic mass is 9.33. The average molecular weight is 653 g/mol. The van der Waals surface area contributed by atoms with Gasteiger partial charge in [-0.2, -0.15) is 0 Å². The summed E-state index contributed by atoms with van der Waals surface area (Å²) in [7, 11) is 0. The molecule has 2 aliphatic rings. The third-order valence-electron chi connectivity index (χ3n) is 11.0. The molecule has 3 heteroatoms. The Labute approximate surface area is 300 Å². The third-order valence-corrected chi connectivity index (χ3v) is 11.0. The van der Waals surface area contributed by atoms with E-state index in [-0.39, 0.29) is 12.1 Å². The van der Waals surface area contributed by atoms with Crippen LogP contribution in [0.15, 0.2) is 170 Å². The zero-order chi connectivity index (χ0) is 34.3. The van der Waals surface area contributed by atoms with Crippen molar-refractivity contribution >= 4 is 78.8 Å². The van der Waals surface area contributed by atoms with Crippen LogP contribution in [0.5, 0.6) is 0 Å². The third kappa shape index (κ3) is 4.58. The monoisotopic (exact) mass is 652 g/mol. The Morgan fingerprint density at radius 2 is 1.06 bits per heavy atom. The molecule has 51 heavy (non-hydrogen) atoms. The van der Waals surface area contributed by atoms with Crippen molar-refractivity contribution in [3.63, 3.8) is 0 Å². The molecular weight excluding hydrogens is 615 g/mol. The Bertz CT molecular complexity index is 2630. The van der Waals surface area contributed by atoms with E-state index >= 15 is 0 Å². The molecule has 0 bridgehead atoms. The SMILES string of the molecule is CC(C)(C)c1ccc2c(c1)N(c1ccccc1)c1cccc3c1B2c1cc2c(-c4ccccc4)cccc2cc1N3c1cccc2ccccc12. The van der Waals surface area contributed by atoms with Crippen LogP contribution in [0.2, 0.25) is 0 Å². The summed E-state index contributed by atoms with van der Waals surface area (Å²) >= 11 is 0. The average Bonchev–Trinajstić information content (AvgIpc) is 3.17. The lowest BCUT2D eigenvalue weighted by molar-refractivity contribution is 0.590. The molecule has 0 unspecified atom stereocenters. The zero-order valence-electron chi connectivity index (χ0n) is 29.1. The maximum Gasteiger partial charge on any atom is 0.252 e. The summed E-state index contributed by atoms with van der Waals surface area (Å²) in [6.45, 7) is 6.98. The highest BCUT2D eigenvalue weighted by atomic mass is 15.2. The second-order valence-electron chi connectivity index (χ2n) is 15.0. The smallest absolute Gasteiger partial charge is 0.252 e. The molecule has 0 saturated carbocycles. The molecule has 0 saturated heterocycles. The molecule has 242 valence electrons. The minimum atomic E-state index is 0.00986. The van der Waals surface area contributed by atoms with Crippen molar-refractivity contribution < 1.29 is 0 Å². The highest BCUT2D eigenvalue weighted by Gasteiger charge is 2.43. The van der Waals surface area contributed by atoms with Crippen molar-refractivity contribution in [2.75, 3.05) is 9.80 Å². The number of benzene rings is 8. The number of fused-ring (bicyclic) bond motifs is 6. The van der Waals surface area contributed by atoms with Crippen LogP contribution in [0.4, 0.5) is 34.1 Å². The van der Waals surface area contributed by atoms with Gasteiger partial charge in [0.2, 0.25) is 0 Å². The molecule has 0 aromatic heterocycles. The van der Waals surface area contributed by atoms with Gasteiger partial charge in [0.1, 0.15) is 0 Å². The van der Waals surface area contributed by atoms with Gasteiger partial charge in [0.25, 0.3) is 6.71 Å². The maximum absolute atomic E-state index is 2.54. The van der Waals surface area contributed by atoms with E-state index < -0.39 is 0 Å². The maximum atomic E-state index is 2.54. The van der Waals surface area contributed by atoms with E-state index in [9.17, 15) is 0 Å².